The molecule has 3 nitrogen and oxygen atoms in total. The van der Waals surface area contributed by atoms with Gasteiger partial charge in [0.1, 0.15) is 0 Å². The Bertz CT molecular complexity index is 560. The van der Waals surface area contributed by atoms with E-state index in [0.29, 0.717) is 0 Å². The first kappa shape index (κ1) is 13.5. The van der Waals surface area contributed by atoms with Gasteiger partial charge in [-0.25, -0.2) is 0 Å². The standard InChI is InChI=1S/C13H13ClIN3/c1-8-13(17-6-5-16-8)9(2)18-12-4-3-10(15)7-11(12)14/h3-7,9,18H,1-2H3. The van der Waals surface area contributed by atoms with E-state index in [1.54, 1.807) is 12.4 Å². The predicted molar refractivity (Wildman–Crippen MR) is 83.0 cm³/mol. The van der Waals surface area contributed by atoms with Gasteiger partial charge in [-0.05, 0) is 54.6 Å². The van der Waals surface area contributed by atoms with Gasteiger partial charge in [0.05, 0.1) is 28.1 Å². The lowest BCUT2D eigenvalue weighted by Gasteiger charge is -2.17. The average molecular weight is 374 g/mol. The maximum absolute atomic E-state index is 6.20. The smallest absolute Gasteiger partial charge is 0.0835 e. The van der Waals surface area contributed by atoms with E-state index in [9.17, 15) is 0 Å². The van der Waals surface area contributed by atoms with Crippen LogP contribution in [0.2, 0.25) is 5.02 Å². The van der Waals surface area contributed by atoms with Crippen molar-refractivity contribution in [3.05, 3.63) is 50.6 Å². The van der Waals surface area contributed by atoms with Gasteiger partial charge in [0, 0.05) is 16.0 Å². The average Bonchev–Trinajstić information content (AvgIpc) is 2.33. The minimum Gasteiger partial charge on any atom is -0.376 e. The number of hydrogen-bond acceptors (Lipinski definition) is 3. The molecular weight excluding hydrogens is 361 g/mol. The third-order valence-electron chi connectivity index (χ3n) is 2.63. The Balaban J connectivity index is 2.21. The Kier molecular flexibility index (Phi) is 4.40. The summed E-state index contributed by atoms with van der Waals surface area (Å²) in [7, 11) is 0. The molecule has 0 saturated carbocycles. The molecule has 0 bridgehead atoms. The highest BCUT2D eigenvalue weighted by atomic mass is 127. The molecule has 0 aliphatic carbocycles. The summed E-state index contributed by atoms with van der Waals surface area (Å²) in [6.45, 7) is 4.00. The minimum atomic E-state index is 0.0660. The number of aryl methyl sites for hydroxylation is 1. The number of rotatable bonds is 3. The van der Waals surface area contributed by atoms with Crippen molar-refractivity contribution in [2.24, 2.45) is 0 Å². The topological polar surface area (TPSA) is 37.8 Å². The van der Waals surface area contributed by atoms with E-state index in [-0.39, 0.29) is 6.04 Å². The molecule has 1 aromatic carbocycles. The van der Waals surface area contributed by atoms with E-state index in [4.69, 9.17) is 11.6 Å². The Morgan fingerprint density at radius 2 is 2.00 bits per heavy atom. The zero-order valence-corrected chi connectivity index (χ0v) is 13.0. The molecule has 0 saturated heterocycles. The Hall–Kier alpha value is -0.880. The fourth-order valence-electron chi connectivity index (χ4n) is 1.75. The molecule has 5 heteroatoms. The van der Waals surface area contributed by atoms with Crippen LogP contribution in [0.1, 0.15) is 24.4 Å². The lowest BCUT2D eigenvalue weighted by Crippen LogP contribution is -2.11. The van der Waals surface area contributed by atoms with Crippen LogP contribution in [0.4, 0.5) is 5.69 Å². The largest absolute Gasteiger partial charge is 0.376 e. The highest BCUT2D eigenvalue weighted by molar-refractivity contribution is 14.1. The first-order chi connectivity index (χ1) is 8.58. The summed E-state index contributed by atoms with van der Waals surface area (Å²) in [6, 6.07) is 5.99. The van der Waals surface area contributed by atoms with E-state index in [2.05, 4.69) is 37.9 Å². The van der Waals surface area contributed by atoms with E-state index in [1.807, 2.05) is 32.0 Å². The molecule has 0 aliphatic rings. The molecular formula is C13H13ClIN3. The zero-order valence-electron chi connectivity index (χ0n) is 10.1. The summed E-state index contributed by atoms with van der Waals surface area (Å²) in [5, 5.41) is 4.07. The van der Waals surface area contributed by atoms with E-state index >= 15 is 0 Å². The quantitative estimate of drug-likeness (QED) is 0.819. The van der Waals surface area contributed by atoms with E-state index in [1.165, 1.54) is 0 Å². The van der Waals surface area contributed by atoms with Crippen LogP contribution in [0.15, 0.2) is 30.6 Å². The number of aromatic nitrogens is 2. The van der Waals surface area contributed by atoms with Crippen LogP contribution in [0.5, 0.6) is 0 Å². The maximum Gasteiger partial charge on any atom is 0.0835 e. The van der Waals surface area contributed by atoms with Crippen molar-refractivity contribution >= 4 is 39.9 Å². The van der Waals surface area contributed by atoms with Crippen LogP contribution >= 0.6 is 34.2 Å². The molecule has 2 aromatic rings. The molecule has 1 N–H and O–H groups in total. The van der Waals surface area contributed by atoms with Gasteiger partial charge in [0.15, 0.2) is 0 Å². The van der Waals surface area contributed by atoms with Gasteiger partial charge in [-0.2, -0.15) is 0 Å². The molecule has 0 aliphatic heterocycles. The molecule has 1 atom stereocenters. The highest BCUT2D eigenvalue weighted by Crippen LogP contribution is 2.27. The first-order valence-electron chi connectivity index (χ1n) is 5.57. The molecule has 1 aromatic heterocycles. The van der Waals surface area contributed by atoms with Crippen molar-refractivity contribution in [3.8, 4) is 0 Å². The Morgan fingerprint density at radius 1 is 1.28 bits per heavy atom. The summed E-state index contributed by atoms with van der Waals surface area (Å²) in [6.07, 6.45) is 3.40. The van der Waals surface area contributed by atoms with Crippen LogP contribution in [0, 0.1) is 10.5 Å². The van der Waals surface area contributed by atoms with Crippen molar-refractivity contribution < 1.29 is 0 Å². The number of nitrogens with one attached hydrogen (secondary N) is 1. The second-order valence-electron chi connectivity index (χ2n) is 4.02. The summed E-state index contributed by atoms with van der Waals surface area (Å²) in [5.74, 6) is 0. The summed E-state index contributed by atoms with van der Waals surface area (Å²) in [5.41, 5.74) is 2.78. The van der Waals surface area contributed by atoms with Gasteiger partial charge in [0.25, 0.3) is 0 Å². The van der Waals surface area contributed by atoms with Crippen molar-refractivity contribution in [2.45, 2.75) is 19.9 Å². The van der Waals surface area contributed by atoms with Crippen molar-refractivity contribution in [1.29, 1.82) is 0 Å². The van der Waals surface area contributed by atoms with Crippen molar-refractivity contribution in [1.82, 2.24) is 9.97 Å². The van der Waals surface area contributed by atoms with Crippen LogP contribution in [-0.4, -0.2) is 9.97 Å². The van der Waals surface area contributed by atoms with Crippen LogP contribution in [-0.2, 0) is 0 Å². The number of nitrogens with zero attached hydrogens (tertiary/aromatic N) is 2. The molecule has 0 radical (unpaired) electrons. The van der Waals surface area contributed by atoms with Crippen molar-refractivity contribution in [3.63, 3.8) is 0 Å². The molecule has 2 rings (SSSR count). The normalized spacial score (nSPS) is 12.2. The van der Waals surface area contributed by atoms with Gasteiger partial charge in [-0.15, -0.1) is 0 Å². The SMILES string of the molecule is Cc1nccnc1C(C)Nc1ccc(I)cc1Cl. The molecule has 1 unspecified atom stereocenters. The maximum atomic E-state index is 6.20. The minimum absolute atomic E-state index is 0.0660. The van der Waals surface area contributed by atoms with Gasteiger partial charge >= 0.3 is 0 Å². The van der Waals surface area contributed by atoms with Crippen molar-refractivity contribution in [2.75, 3.05) is 5.32 Å². The Labute approximate surface area is 125 Å². The fourth-order valence-corrected chi connectivity index (χ4v) is 2.66. The zero-order chi connectivity index (χ0) is 13.1. The van der Waals surface area contributed by atoms with E-state index in [0.717, 1.165) is 25.7 Å². The summed E-state index contributed by atoms with van der Waals surface area (Å²) >= 11 is 8.44. The molecule has 18 heavy (non-hydrogen) atoms. The summed E-state index contributed by atoms with van der Waals surface area (Å²) in [4.78, 5) is 8.59. The third kappa shape index (κ3) is 3.11. The van der Waals surface area contributed by atoms with Gasteiger partial charge in [-0.1, -0.05) is 11.6 Å². The number of benzene rings is 1. The molecule has 0 fully saturated rings. The number of anilines is 1. The summed E-state index contributed by atoms with van der Waals surface area (Å²) < 4.78 is 1.12. The third-order valence-corrected chi connectivity index (χ3v) is 3.62. The second kappa shape index (κ2) is 5.84. The molecule has 1 heterocycles. The lowest BCUT2D eigenvalue weighted by atomic mass is 10.1. The number of halogens is 2. The number of hydrogen-bond donors (Lipinski definition) is 1. The van der Waals surface area contributed by atoms with Crippen LogP contribution < -0.4 is 5.32 Å². The van der Waals surface area contributed by atoms with Gasteiger partial charge in [0.2, 0.25) is 0 Å². The van der Waals surface area contributed by atoms with Gasteiger partial charge in [-0.3, -0.25) is 9.97 Å². The molecule has 0 amide bonds. The lowest BCUT2D eigenvalue weighted by molar-refractivity contribution is 0.810. The predicted octanol–water partition coefficient (Wildman–Crippen LogP) is 4.22. The second-order valence-corrected chi connectivity index (χ2v) is 5.67. The van der Waals surface area contributed by atoms with Crippen LogP contribution in [0.3, 0.4) is 0 Å². The Morgan fingerprint density at radius 3 is 2.67 bits per heavy atom. The molecule has 94 valence electrons. The monoisotopic (exact) mass is 373 g/mol. The fraction of sp³-hybridized carbons (Fsp3) is 0.231. The van der Waals surface area contributed by atoms with E-state index < -0.39 is 0 Å². The highest BCUT2D eigenvalue weighted by Gasteiger charge is 2.11. The molecule has 0 spiro atoms. The van der Waals surface area contributed by atoms with Crippen LogP contribution in [0.25, 0.3) is 0 Å². The first-order valence-corrected chi connectivity index (χ1v) is 7.02. The van der Waals surface area contributed by atoms with Gasteiger partial charge < -0.3 is 5.32 Å².